The van der Waals surface area contributed by atoms with Gasteiger partial charge in [0.05, 0.1) is 6.61 Å². The van der Waals surface area contributed by atoms with Crippen LogP contribution in [0.4, 0.5) is 0 Å². The van der Waals surface area contributed by atoms with Crippen molar-refractivity contribution < 1.29 is 23.8 Å². The Bertz CT molecular complexity index is 1050. The molecule has 0 aromatic carbocycles. The highest BCUT2D eigenvalue weighted by atomic mass is 16.6. The van der Waals surface area contributed by atoms with Crippen molar-refractivity contribution in [3.8, 4) is 0 Å². The summed E-state index contributed by atoms with van der Waals surface area (Å²) in [5.74, 6) is -0.489. The van der Waals surface area contributed by atoms with Crippen LogP contribution >= 0.6 is 0 Å². The van der Waals surface area contributed by atoms with Gasteiger partial charge in [0.2, 0.25) is 0 Å². The Balaban J connectivity index is 4.33. The molecule has 0 heterocycles. The van der Waals surface area contributed by atoms with Crippen LogP contribution in [0.15, 0.2) is 72.9 Å². The first kappa shape index (κ1) is 55.3. The Kier molecular flexibility index (Phi) is 46.5. The maximum absolute atomic E-state index is 12.7. The Hall–Kier alpha value is -2.66. The van der Waals surface area contributed by atoms with Crippen LogP contribution in [0.5, 0.6) is 0 Å². The zero-order chi connectivity index (χ0) is 42.1. The summed E-state index contributed by atoms with van der Waals surface area (Å²) in [5.41, 5.74) is 0. The lowest BCUT2D eigenvalue weighted by Crippen LogP contribution is -2.30. The van der Waals surface area contributed by atoms with Gasteiger partial charge in [-0.3, -0.25) is 9.59 Å². The second-order valence-corrected chi connectivity index (χ2v) is 16.0. The lowest BCUT2D eigenvalue weighted by Gasteiger charge is -2.18. The molecule has 0 aromatic heterocycles. The van der Waals surface area contributed by atoms with Gasteiger partial charge in [-0.1, -0.05) is 229 Å². The quantitative estimate of drug-likeness (QED) is 0.0348. The van der Waals surface area contributed by atoms with Crippen molar-refractivity contribution >= 4 is 11.9 Å². The molecule has 1 atom stereocenters. The molecule has 5 heteroatoms. The summed E-state index contributed by atoms with van der Waals surface area (Å²) in [5, 5.41) is 0. The van der Waals surface area contributed by atoms with Crippen LogP contribution in [0.3, 0.4) is 0 Å². The first-order chi connectivity index (χ1) is 28.6. The first-order valence-electron chi connectivity index (χ1n) is 24.5. The summed E-state index contributed by atoms with van der Waals surface area (Å²) >= 11 is 0. The lowest BCUT2D eigenvalue weighted by atomic mass is 10.0. The fraction of sp³-hybridized carbons (Fsp3) is 0.736. The van der Waals surface area contributed by atoms with Gasteiger partial charge in [-0.15, -0.1) is 0 Å². The molecule has 0 bridgehead atoms. The summed E-state index contributed by atoms with van der Waals surface area (Å²) in [4.78, 5) is 25.3. The van der Waals surface area contributed by atoms with E-state index in [4.69, 9.17) is 14.2 Å². The molecule has 0 saturated carbocycles. The van der Waals surface area contributed by atoms with E-state index >= 15 is 0 Å². The SMILES string of the molecule is CC/C=C\C/C=C\C/C=C\C/C=C\C/C=C\C/C=C\CCC(=O)OCC(COCCCCCCCCCCCC)OC(=O)CCCCCCCCCCCCCCC. The Morgan fingerprint density at radius 3 is 1.21 bits per heavy atom. The van der Waals surface area contributed by atoms with Crippen molar-refractivity contribution in [2.75, 3.05) is 19.8 Å². The molecule has 0 aromatic rings. The van der Waals surface area contributed by atoms with Crippen LogP contribution < -0.4 is 0 Å². The van der Waals surface area contributed by atoms with E-state index < -0.39 is 6.10 Å². The van der Waals surface area contributed by atoms with E-state index in [2.05, 4.69) is 87.6 Å². The van der Waals surface area contributed by atoms with Crippen molar-refractivity contribution in [1.82, 2.24) is 0 Å². The summed E-state index contributed by atoms with van der Waals surface area (Å²) in [6, 6.07) is 0. The summed E-state index contributed by atoms with van der Waals surface area (Å²) < 4.78 is 17.3. The lowest BCUT2D eigenvalue weighted by molar-refractivity contribution is -0.162. The molecule has 0 fully saturated rings. The largest absolute Gasteiger partial charge is 0.462 e. The minimum absolute atomic E-state index is 0.0466. The van der Waals surface area contributed by atoms with Crippen LogP contribution in [0.25, 0.3) is 0 Å². The predicted octanol–water partition coefficient (Wildman–Crippen LogP) is 16.3. The molecule has 0 rings (SSSR count). The average molecular weight is 809 g/mol. The van der Waals surface area contributed by atoms with Crippen LogP contribution in [0, 0.1) is 0 Å². The minimum atomic E-state index is -0.563. The van der Waals surface area contributed by atoms with Gasteiger partial charge in [-0.05, 0) is 57.8 Å². The van der Waals surface area contributed by atoms with E-state index in [1.165, 1.54) is 122 Å². The Morgan fingerprint density at radius 2 is 0.776 bits per heavy atom. The topological polar surface area (TPSA) is 61.8 Å². The van der Waals surface area contributed by atoms with Gasteiger partial charge in [-0.25, -0.2) is 0 Å². The molecule has 0 saturated heterocycles. The van der Waals surface area contributed by atoms with Crippen molar-refractivity contribution in [2.24, 2.45) is 0 Å². The normalized spacial score (nSPS) is 12.8. The van der Waals surface area contributed by atoms with Crippen LogP contribution in [-0.4, -0.2) is 37.9 Å². The third kappa shape index (κ3) is 46.0. The number of rotatable bonds is 44. The highest BCUT2D eigenvalue weighted by Crippen LogP contribution is 2.14. The molecule has 0 aliphatic heterocycles. The summed E-state index contributed by atoms with van der Waals surface area (Å²) in [6.45, 7) is 7.64. The number of allylic oxidation sites excluding steroid dienone is 12. The van der Waals surface area contributed by atoms with E-state index in [9.17, 15) is 9.59 Å². The second-order valence-electron chi connectivity index (χ2n) is 16.0. The highest BCUT2D eigenvalue weighted by molar-refractivity contribution is 5.70. The summed E-state index contributed by atoms with van der Waals surface area (Å²) in [6.07, 6.45) is 62.0. The third-order valence-electron chi connectivity index (χ3n) is 10.3. The van der Waals surface area contributed by atoms with Crippen LogP contribution in [0.1, 0.15) is 226 Å². The molecule has 58 heavy (non-hydrogen) atoms. The smallest absolute Gasteiger partial charge is 0.306 e. The predicted molar refractivity (Wildman–Crippen MR) is 251 cm³/mol. The monoisotopic (exact) mass is 809 g/mol. The molecule has 0 amide bonds. The number of ether oxygens (including phenoxy) is 3. The van der Waals surface area contributed by atoms with E-state index in [-0.39, 0.29) is 25.2 Å². The third-order valence-corrected chi connectivity index (χ3v) is 10.3. The van der Waals surface area contributed by atoms with E-state index in [0.29, 0.717) is 25.9 Å². The number of carbonyl (C=O) groups excluding carboxylic acids is 2. The zero-order valence-electron chi connectivity index (χ0n) is 38.3. The maximum atomic E-state index is 12.7. The molecule has 0 N–H and O–H groups in total. The molecular weight excluding hydrogens is 717 g/mol. The zero-order valence-corrected chi connectivity index (χ0v) is 38.3. The van der Waals surface area contributed by atoms with Crippen molar-refractivity contribution in [2.45, 2.75) is 232 Å². The summed E-state index contributed by atoms with van der Waals surface area (Å²) in [7, 11) is 0. The Morgan fingerprint density at radius 1 is 0.397 bits per heavy atom. The molecular formula is C53H92O5. The molecule has 0 aliphatic rings. The van der Waals surface area contributed by atoms with Gasteiger partial charge >= 0.3 is 11.9 Å². The van der Waals surface area contributed by atoms with Crippen molar-refractivity contribution in [1.29, 1.82) is 0 Å². The van der Waals surface area contributed by atoms with Gasteiger partial charge in [0, 0.05) is 19.4 Å². The number of hydrogen-bond acceptors (Lipinski definition) is 5. The van der Waals surface area contributed by atoms with Gasteiger partial charge in [0.15, 0.2) is 6.10 Å². The fourth-order valence-electron chi connectivity index (χ4n) is 6.65. The average Bonchev–Trinajstić information content (AvgIpc) is 3.22. The molecule has 334 valence electrons. The molecule has 0 radical (unpaired) electrons. The standard InChI is InChI=1S/C53H92O5/c1-4-7-10-13-16-19-22-24-25-26-27-28-29-31-32-34-37-40-43-46-52(54)57-50-51(49-56-48-45-42-39-36-21-18-15-12-9-6-3)58-53(55)47-44-41-38-35-33-30-23-20-17-14-11-8-5-2/h7,10,16,19,24-25,27-28,31-32,37,40,51H,4-6,8-9,11-15,17-18,20-23,26,29-30,33-36,38-39,41-50H2,1-3H3/b10-7-,19-16-,25-24-,28-27-,32-31-,40-37-. The van der Waals surface area contributed by atoms with Crippen LogP contribution in [-0.2, 0) is 23.8 Å². The van der Waals surface area contributed by atoms with E-state index in [0.717, 1.165) is 64.2 Å². The maximum Gasteiger partial charge on any atom is 0.306 e. The first-order valence-corrected chi connectivity index (χ1v) is 24.5. The van der Waals surface area contributed by atoms with Crippen molar-refractivity contribution in [3.63, 3.8) is 0 Å². The molecule has 5 nitrogen and oxygen atoms in total. The van der Waals surface area contributed by atoms with Gasteiger partial charge < -0.3 is 14.2 Å². The van der Waals surface area contributed by atoms with Crippen molar-refractivity contribution in [3.05, 3.63) is 72.9 Å². The van der Waals surface area contributed by atoms with E-state index in [1.807, 2.05) is 6.08 Å². The minimum Gasteiger partial charge on any atom is -0.462 e. The number of carbonyl (C=O) groups is 2. The number of hydrogen-bond donors (Lipinski definition) is 0. The molecule has 0 spiro atoms. The molecule has 0 aliphatic carbocycles. The van der Waals surface area contributed by atoms with Crippen LogP contribution in [0.2, 0.25) is 0 Å². The van der Waals surface area contributed by atoms with E-state index in [1.54, 1.807) is 0 Å². The molecule has 1 unspecified atom stereocenters. The van der Waals surface area contributed by atoms with Gasteiger partial charge in [0.25, 0.3) is 0 Å². The Labute approximate surface area is 359 Å². The highest BCUT2D eigenvalue weighted by Gasteiger charge is 2.17. The number of esters is 2. The van der Waals surface area contributed by atoms with Gasteiger partial charge in [0.1, 0.15) is 6.61 Å². The second kappa shape index (κ2) is 48.7. The number of unbranched alkanes of at least 4 members (excludes halogenated alkanes) is 21. The fourth-order valence-corrected chi connectivity index (χ4v) is 6.65. The van der Waals surface area contributed by atoms with Gasteiger partial charge in [-0.2, -0.15) is 0 Å².